The lowest BCUT2D eigenvalue weighted by atomic mass is 9.82. The summed E-state index contributed by atoms with van der Waals surface area (Å²) in [6.07, 6.45) is 7.66. The first-order valence-corrected chi connectivity index (χ1v) is 24.6. The highest BCUT2D eigenvalue weighted by atomic mass is 16.3. The largest absolute Gasteiger partial charge is 0.456 e. The average Bonchev–Trinajstić information content (AvgIpc) is 4.03. The highest BCUT2D eigenvalue weighted by Crippen LogP contribution is 2.52. The molecule has 72 heavy (non-hydrogen) atoms. The molecule has 1 aliphatic rings. The van der Waals surface area contributed by atoms with Gasteiger partial charge in [-0.1, -0.05) is 184 Å². The summed E-state index contributed by atoms with van der Waals surface area (Å²) in [5.41, 5.74) is 12.5. The second-order valence-electron chi connectivity index (χ2n) is 18.9. The van der Waals surface area contributed by atoms with Gasteiger partial charge in [-0.05, 0) is 123 Å². The minimum atomic E-state index is -0.134. The molecule has 0 amide bonds. The highest BCUT2D eigenvalue weighted by Gasteiger charge is 2.36. The van der Waals surface area contributed by atoms with E-state index < -0.39 is 0 Å². The number of aromatic nitrogens is 1. The van der Waals surface area contributed by atoms with Crippen LogP contribution >= 0.6 is 0 Å². The number of fused-ring (bicyclic) bond motifs is 13. The molecule has 0 spiro atoms. The summed E-state index contributed by atoms with van der Waals surface area (Å²) in [6.45, 7) is 13.9. The van der Waals surface area contributed by atoms with Crippen molar-refractivity contribution in [3.8, 4) is 22.3 Å². The lowest BCUT2D eigenvalue weighted by molar-refractivity contribution is 0.661. The molecule has 1 aliphatic carbocycles. The van der Waals surface area contributed by atoms with Crippen molar-refractivity contribution in [3.63, 3.8) is 0 Å². The quantitative estimate of drug-likeness (QED) is 0.107. The van der Waals surface area contributed by atoms with Gasteiger partial charge in [0, 0.05) is 43.7 Å². The third-order valence-electron chi connectivity index (χ3n) is 14.1. The minimum absolute atomic E-state index is 0.0930. The molecule has 0 unspecified atom stereocenters. The monoisotopic (exact) mass is 930 g/mol. The van der Waals surface area contributed by atoms with Crippen molar-refractivity contribution in [2.45, 2.75) is 40.0 Å². The van der Waals surface area contributed by atoms with Gasteiger partial charge in [0.05, 0.1) is 11.0 Å². The van der Waals surface area contributed by atoms with Crippen LogP contribution < -0.4 is 0 Å². The Labute approximate surface area is 419 Å². The van der Waals surface area contributed by atoms with Crippen LogP contribution in [-0.4, -0.2) is 22.6 Å². The molecule has 1 N–H and O–H groups in total. The van der Waals surface area contributed by atoms with Crippen molar-refractivity contribution < 1.29 is 4.42 Å². The van der Waals surface area contributed by atoms with E-state index in [1.807, 2.05) is 93.9 Å². The number of hydrogen-bond donors (Lipinski definition) is 1. The van der Waals surface area contributed by atoms with Crippen molar-refractivity contribution in [2.24, 2.45) is 9.98 Å². The summed E-state index contributed by atoms with van der Waals surface area (Å²) in [7, 11) is 0. The molecule has 5 heteroatoms. The molecule has 0 fully saturated rings. The zero-order chi connectivity index (χ0) is 49.5. The van der Waals surface area contributed by atoms with Crippen LogP contribution in [-0.2, 0) is 5.41 Å². The number of nitrogens with zero attached hydrogens (tertiary/aromatic N) is 3. The van der Waals surface area contributed by atoms with Crippen LogP contribution in [0.15, 0.2) is 233 Å². The first-order chi connectivity index (χ1) is 35.2. The number of amidine groups is 2. The Hall–Kier alpha value is -8.93. The molecule has 0 atom stereocenters. The Balaban J connectivity index is 0.000000757. The number of furan rings is 1. The van der Waals surface area contributed by atoms with Crippen molar-refractivity contribution in [1.82, 2.24) is 4.57 Å². The van der Waals surface area contributed by atoms with Gasteiger partial charge in [0.15, 0.2) is 11.7 Å². The molecule has 12 aromatic rings. The molecule has 0 saturated heterocycles. The van der Waals surface area contributed by atoms with Crippen LogP contribution in [0.4, 0.5) is 0 Å². The van der Waals surface area contributed by atoms with Gasteiger partial charge < -0.3 is 4.42 Å². The summed E-state index contributed by atoms with van der Waals surface area (Å²) in [5, 5.41) is 20.8. The van der Waals surface area contributed by atoms with Crippen LogP contribution in [0.3, 0.4) is 0 Å². The average molecular weight is 931 g/mol. The van der Waals surface area contributed by atoms with E-state index in [0.29, 0.717) is 11.4 Å². The zero-order valence-electron chi connectivity index (χ0n) is 41.2. The number of benzene rings is 10. The zero-order valence-corrected chi connectivity index (χ0v) is 41.2. The van der Waals surface area contributed by atoms with E-state index in [2.05, 4.69) is 165 Å². The summed E-state index contributed by atoms with van der Waals surface area (Å²) in [6, 6.07) is 68.6. The van der Waals surface area contributed by atoms with E-state index in [1.54, 1.807) is 6.08 Å². The number of hydrogen-bond acceptors (Lipinski definition) is 2. The van der Waals surface area contributed by atoms with Gasteiger partial charge in [-0.3, -0.25) is 9.98 Å². The van der Waals surface area contributed by atoms with Crippen LogP contribution in [0.2, 0.25) is 0 Å². The predicted molar refractivity (Wildman–Crippen MR) is 309 cm³/mol. The van der Waals surface area contributed by atoms with Gasteiger partial charge in [0.2, 0.25) is 0 Å². The summed E-state index contributed by atoms with van der Waals surface area (Å²) >= 11 is 0. The number of rotatable bonds is 4. The van der Waals surface area contributed by atoms with Gasteiger partial charge in [0.25, 0.3) is 0 Å². The topological polar surface area (TPSA) is 66.6 Å². The fourth-order valence-electron chi connectivity index (χ4n) is 10.5. The van der Waals surface area contributed by atoms with Gasteiger partial charge >= 0.3 is 0 Å². The van der Waals surface area contributed by atoms with E-state index in [9.17, 15) is 5.41 Å². The maximum Gasteiger partial charge on any atom is 0.163 e. The van der Waals surface area contributed by atoms with Gasteiger partial charge in [0.1, 0.15) is 17.5 Å². The first-order valence-electron chi connectivity index (χ1n) is 24.6. The third-order valence-corrected chi connectivity index (χ3v) is 14.1. The van der Waals surface area contributed by atoms with Crippen molar-refractivity contribution in [3.05, 3.63) is 241 Å². The molecule has 0 aliphatic heterocycles. The van der Waals surface area contributed by atoms with Crippen molar-refractivity contribution in [2.75, 3.05) is 0 Å². The molecule has 13 rings (SSSR count). The molecule has 2 aromatic heterocycles. The summed E-state index contributed by atoms with van der Waals surface area (Å²) < 4.78 is 8.46. The van der Waals surface area contributed by atoms with Crippen LogP contribution in [0, 0.1) is 5.41 Å². The highest BCUT2D eigenvalue weighted by molar-refractivity contribution is 6.21. The lowest BCUT2D eigenvalue weighted by Gasteiger charge is -2.21. The predicted octanol–water partition coefficient (Wildman–Crippen LogP) is 18.3. The molecule has 5 nitrogen and oxygen atoms in total. The van der Waals surface area contributed by atoms with Gasteiger partial charge in [-0.15, -0.1) is 6.58 Å². The second-order valence-corrected chi connectivity index (χ2v) is 18.9. The number of para-hydroxylation sites is 2. The normalized spacial score (nSPS) is 13.0. The van der Waals surface area contributed by atoms with E-state index in [0.717, 1.165) is 76.6 Å². The summed E-state index contributed by atoms with van der Waals surface area (Å²) in [4.78, 5) is 10.3. The molecule has 0 saturated carbocycles. The van der Waals surface area contributed by atoms with Gasteiger partial charge in [-0.2, -0.15) is 0 Å². The first kappa shape index (κ1) is 45.5. The number of nitrogens with one attached hydrogen (secondary N) is 1. The van der Waals surface area contributed by atoms with Crippen molar-refractivity contribution >= 4 is 94.1 Å². The molecule has 10 aromatic carbocycles. The molecular formula is C67H54N4O. The smallest absolute Gasteiger partial charge is 0.163 e. The second kappa shape index (κ2) is 18.8. The summed E-state index contributed by atoms with van der Waals surface area (Å²) in [5.74, 6) is 0.525. The Kier molecular flexibility index (Phi) is 11.9. The van der Waals surface area contributed by atoms with E-state index in [-0.39, 0.29) is 11.3 Å². The molecule has 348 valence electrons. The number of allylic oxidation sites excluding steroid dienone is 3. The van der Waals surface area contributed by atoms with E-state index in [1.165, 1.54) is 38.4 Å². The Morgan fingerprint density at radius 1 is 0.528 bits per heavy atom. The Bertz CT molecular complexity index is 4210. The Morgan fingerprint density at radius 3 is 1.90 bits per heavy atom. The van der Waals surface area contributed by atoms with Crippen LogP contribution in [0.5, 0.6) is 0 Å². The fraction of sp³-hybridized carbons (Fsp3) is 0.0896. The molecular weight excluding hydrogens is 877 g/mol. The van der Waals surface area contributed by atoms with Crippen LogP contribution in [0.1, 0.15) is 56.9 Å². The standard InChI is InChI=1S/C60H40N4O.C4H8.C3H6/c1-60(2)51-28-26-41(32-50(51)56-44-17-8-7-13-37(44)25-29-52(56)60)45-19-11-20-48-49-31-39-15-5-6-16-40(39)33-53(49)64(57(45)48)35-62-59(43-23-22-36-12-3-4-14-38(36)30-43)63-58(61)42-24-27-47-46-18-9-10-21-54(46)65-55(47)34-42;1-3-4-2;1-3-2/h3-35,61H,1-2H3;3-4H,1-2H3;3H,1H2,2H3/b;4-3-;. The van der Waals surface area contributed by atoms with E-state index >= 15 is 0 Å². The third kappa shape index (κ3) is 7.89. The van der Waals surface area contributed by atoms with E-state index in [4.69, 9.17) is 14.4 Å². The fourth-order valence-corrected chi connectivity index (χ4v) is 10.5. The SMILES string of the molecule is C/C=C\C.C=CC.CC1(C)c2ccc(-c3cccc4c5cc6ccccc6cc5n(C=NC(=NC(=N)c5ccc6c(c5)oc5ccccc56)c5ccc6ccccc6c5)c34)cc2-c2c1ccc1ccccc21. The van der Waals surface area contributed by atoms with Gasteiger partial charge in [-0.25, -0.2) is 9.98 Å². The van der Waals surface area contributed by atoms with Crippen LogP contribution in [0.25, 0.3) is 98.3 Å². The molecule has 2 heterocycles. The maximum atomic E-state index is 9.42. The Morgan fingerprint density at radius 2 is 1.14 bits per heavy atom. The number of aliphatic imine (C=N–C) groups is 2. The molecule has 0 bridgehead atoms. The van der Waals surface area contributed by atoms with Crippen molar-refractivity contribution in [1.29, 1.82) is 5.41 Å². The minimum Gasteiger partial charge on any atom is -0.456 e. The lowest BCUT2D eigenvalue weighted by Crippen LogP contribution is -2.14. The molecule has 0 radical (unpaired) electrons. The maximum absolute atomic E-state index is 9.42.